The fraction of sp³-hybridized carbons (Fsp3) is 0.105. The maximum atomic E-state index is 12.4. The highest BCUT2D eigenvalue weighted by molar-refractivity contribution is 7.21. The molecular weight excluding hydrogens is 372 g/mol. The Morgan fingerprint density at radius 1 is 1.27 bits per heavy atom. The van der Waals surface area contributed by atoms with Crippen molar-refractivity contribution >= 4 is 44.6 Å². The Morgan fingerprint density at radius 3 is 2.88 bits per heavy atom. The molecule has 130 valence electrons. The second-order valence-electron chi connectivity index (χ2n) is 5.79. The van der Waals surface area contributed by atoms with Crippen LogP contribution in [0.5, 0.6) is 0 Å². The first-order chi connectivity index (χ1) is 12.5. The zero-order chi connectivity index (χ0) is 18.3. The lowest BCUT2D eigenvalue weighted by Gasteiger charge is -2.07. The van der Waals surface area contributed by atoms with Crippen LogP contribution in [-0.2, 0) is 11.3 Å². The van der Waals surface area contributed by atoms with Gasteiger partial charge in [-0.25, -0.2) is 9.78 Å². The van der Waals surface area contributed by atoms with Gasteiger partial charge in [0.25, 0.3) is 5.56 Å². The fourth-order valence-electron chi connectivity index (χ4n) is 2.73. The van der Waals surface area contributed by atoms with Crippen molar-refractivity contribution in [1.29, 1.82) is 0 Å². The summed E-state index contributed by atoms with van der Waals surface area (Å²) < 4.78 is 7.73. The highest BCUT2D eigenvalue weighted by Crippen LogP contribution is 2.35. The first kappa shape index (κ1) is 16.8. The molecule has 0 radical (unpaired) electrons. The molecule has 0 fully saturated rings. The molecule has 5 nitrogen and oxygen atoms in total. The number of aryl methyl sites for hydroxylation is 1. The lowest BCUT2D eigenvalue weighted by Crippen LogP contribution is -2.17. The molecule has 0 spiro atoms. The summed E-state index contributed by atoms with van der Waals surface area (Å²) in [6, 6.07) is 12.5. The van der Waals surface area contributed by atoms with Crippen LogP contribution >= 0.6 is 22.9 Å². The molecule has 0 aliphatic rings. The minimum Gasteiger partial charge on any atom is -0.455 e. The van der Waals surface area contributed by atoms with Crippen LogP contribution in [0.2, 0.25) is 5.02 Å². The molecule has 3 heterocycles. The highest BCUT2D eigenvalue weighted by atomic mass is 35.5. The van der Waals surface area contributed by atoms with E-state index in [2.05, 4.69) is 4.98 Å². The molecule has 0 amide bonds. The van der Waals surface area contributed by atoms with Gasteiger partial charge in [-0.05, 0) is 24.6 Å². The van der Waals surface area contributed by atoms with Gasteiger partial charge >= 0.3 is 5.97 Å². The number of rotatable bonds is 3. The van der Waals surface area contributed by atoms with Crippen LogP contribution < -0.4 is 5.56 Å². The minimum atomic E-state index is -0.525. The summed E-state index contributed by atoms with van der Waals surface area (Å²) in [6.45, 7) is 1.78. The van der Waals surface area contributed by atoms with Gasteiger partial charge in [0.1, 0.15) is 17.1 Å². The number of hydrogen-bond acceptors (Lipinski definition) is 5. The molecule has 0 N–H and O–H groups in total. The molecule has 0 aliphatic carbocycles. The van der Waals surface area contributed by atoms with Crippen LogP contribution in [-0.4, -0.2) is 15.4 Å². The van der Waals surface area contributed by atoms with E-state index in [1.165, 1.54) is 21.8 Å². The summed E-state index contributed by atoms with van der Waals surface area (Å²) in [5.74, 6) is -0.525. The maximum absolute atomic E-state index is 12.4. The van der Waals surface area contributed by atoms with E-state index in [0.717, 1.165) is 15.6 Å². The smallest absolute Gasteiger partial charge is 0.350 e. The molecule has 7 heteroatoms. The Balaban J connectivity index is 1.61. The van der Waals surface area contributed by atoms with Gasteiger partial charge in [-0.3, -0.25) is 9.20 Å². The van der Waals surface area contributed by atoms with Gasteiger partial charge in [0.15, 0.2) is 0 Å². The summed E-state index contributed by atoms with van der Waals surface area (Å²) >= 11 is 7.58. The van der Waals surface area contributed by atoms with Gasteiger partial charge in [-0.2, -0.15) is 0 Å². The molecular formula is C19H13ClN2O3S. The predicted octanol–water partition coefficient (Wildman–Crippen LogP) is 4.23. The minimum absolute atomic E-state index is 0.0938. The van der Waals surface area contributed by atoms with Crippen molar-refractivity contribution in [2.24, 2.45) is 0 Å². The quantitative estimate of drug-likeness (QED) is 0.496. The van der Waals surface area contributed by atoms with Gasteiger partial charge in [-0.1, -0.05) is 35.9 Å². The average Bonchev–Trinajstić information content (AvgIpc) is 2.98. The third-order valence-corrected chi connectivity index (χ3v) is 5.67. The molecule has 0 saturated carbocycles. The molecule has 0 bridgehead atoms. The van der Waals surface area contributed by atoms with E-state index in [4.69, 9.17) is 16.3 Å². The first-order valence-corrected chi connectivity index (χ1v) is 9.06. The van der Waals surface area contributed by atoms with Crippen molar-refractivity contribution in [2.75, 3.05) is 0 Å². The van der Waals surface area contributed by atoms with Crippen molar-refractivity contribution < 1.29 is 9.53 Å². The molecule has 0 aliphatic heterocycles. The number of thiophene rings is 1. The lowest BCUT2D eigenvalue weighted by molar-refractivity contribution is 0.0474. The number of halogens is 1. The van der Waals surface area contributed by atoms with E-state index in [1.54, 1.807) is 12.3 Å². The number of hydrogen-bond donors (Lipinski definition) is 0. The number of carbonyl (C=O) groups is 1. The molecule has 4 rings (SSSR count). The summed E-state index contributed by atoms with van der Waals surface area (Å²) in [7, 11) is 0. The zero-order valence-electron chi connectivity index (χ0n) is 13.7. The summed E-state index contributed by atoms with van der Waals surface area (Å²) in [6.07, 6.45) is 1.66. The Morgan fingerprint density at radius 2 is 2.08 bits per heavy atom. The number of pyridine rings is 1. The van der Waals surface area contributed by atoms with Crippen LogP contribution in [0, 0.1) is 6.92 Å². The van der Waals surface area contributed by atoms with E-state index >= 15 is 0 Å². The van der Waals surface area contributed by atoms with Crippen molar-refractivity contribution in [3.8, 4) is 0 Å². The lowest BCUT2D eigenvalue weighted by atomic mass is 10.2. The highest BCUT2D eigenvalue weighted by Gasteiger charge is 2.18. The second kappa shape index (κ2) is 6.55. The molecule has 26 heavy (non-hydrogen) atoms. The number of ether oxygens (including phenoxy) is 1. The SMILES string of the molecule is Cc1cccn2c(=O)cc(COC(=O)c3sc4ccccc4c3Cl)nc12. The normalized spacial score (nSPS) is 11.2. The predicted molar refractivity (Wildman–Crippen MR) is 102 cm³/mol. The van der Waals surface area contributed by atoms with Crippen molar-refractivity contribution in [3.05, 3.63) is 80.2 Å². The summed E-state index contributed by atoms with van der Waals surface area (Å²) in [5.41, 5.74) is 1.59. The number of fused-ring (bicyclic) bond motifs is 2. The van der Waals surface area contributed by atoms with Crippen LogP contribution in [0.15, 0.2) is 53.5 Å². The molecule has 0 saturated heterocycles. The van der Waals surface area contributed by atoms with E-state index in [-0.39, 0.29) is 12.2 Å². The zero-order valence-corrected chi connectivity index (χ0v) is 15.3. The Labute approximate surface area is 157 Å². The van der Waals surface area contributed by atoms with Gasteiger partial charge in [-0.15, -0.1) is 11.3 Å². The van der Waals surface area contributed by atoms with Gasteiger partial charge in [0.05, 0.1) is 10.7 Å². The molecule has 0 unspecified atom stereocenters. The fourth-order valence-corrected chi connectivity index (χ4v) is 4.14. The van der Waals surface area contributed by atoms with Gasteiger partial charge < -0.3 is 4.74 Å². The number of benzene rings is 1. The van der Waals surface area contributed by atoms with Crippen molar-refractivity contribution in [1.82, 2.24) is 9.38 Å². The largest absolute Gasteiger partial charge is 0.455 e. The Kier molecular flexibility index (Phi) is 4.22. The number of aromatic nitrogens is 2. The van der Waals surface area contributed by atoms with Gasteiger partial charge in [0, 0.05) is 22.3 Å². The molecule has 1 aromatic carbocycles. The third kappa shape index (κ3) is 2.87. The van der Waals surface area contributed by atoms with E-state index in [0.29, 0.717) is 21.2 Å². The number of carbonyl (C=O) groups excluding carboxylic acids is 1. The van der Waals surface area contributed by atoms with E-state index in [1.807, 2.05) is 37.3 Å². The van der Waals surface area contributed by atoms with Crippen LogP contribution in [0.25, 0.3) is 15.7 Å². The second-order valence-corrected chi connectivity index (χ2v) is 7.22. The molecule has 0 atom stereocenters. The maximum Gasteiger partial charge on any atom is 0.350 e. The van der Waals surface area contributed by atoms with Crippen molar-refractivity contribution in [3.63, 3.8) is 0 Å². The molecule has 4 aromatic rings. The average molecular weight is 385 g/mol. The van der Waals surface area contributed by atoms with E-state index in [9.17, 15) is 9.59 Å². The van der Waals surface area contributed by atoms with E-state index < -0.39 is 5.97 Å². The number of esters is 1. The molecule has 3 aromatic heterocycles. The Bertz CT molecular complexity index is 1210. The third-order valence-electron chi connectivity index (χ3n) is 4.01. The first-order valence-electron chi connectivity index (χ1n) is 7.86. The van der Waals surface area contributed by atoms with Crippen molar-refractivity contribution in [2.45, 2.75) is 13.5 Å². The standard InChI is InChI=1S/C19H13ClN2O3S/c1-11-5-4-8-22-15(23)9-12(21-18(11)22)10-25-19(24)17-16(20)13-6-2-3-7-14(13)26-17/h2-9H,10H2,1H3. The summed E-state index contributed by atoms with van der Waals surface area (Å²) in [4.78, 5) is 29.4. The Hall–Kier alpha value is -2.70. The van der Waals surface area contributed by atoms with Crippen LogP contribution in [0.1, 0.15) is 20.9 Å². The van der Waals surface area contributed by atoms with Crippen LogP contribution in [0.3, 0.4) is 0 Å². The van der Waals surface area contributed by atoms with Gasteiger partial charge in [0.2, 0.25) is 0 Å². The number of nitrogens with zero attached hydrogens (tertiary/aromatic N) is 2. The van der Waals surface area contributed by atoms with Crippen LogP contribution in [0.4, 0.5) is 0 Å². The monoisotopic (exact) mass is 384 g/mol. The topological polar surface area (TPSA) is 60.7 Å². The summed E-state index contributed by atoms with van der Waals surface area (Å²) in [5, 5.41) is 1.21.